The maximum Gasteiger partial charge on any atom is 0.172 e. The number of halogens is 1. The van der Waals surface area contributed by atoms with Gasteiger partial charge in [0.1, 0.15) is 11.4 Å². The lowest BCUT2D eigenvalue weighted by atomic mass is 9.98. The normalized spacial score (nSPS) is 19.8. The summed E-state index contributed by atoms with van der Waals surface area (Å²) in [5.41, 5.74) is 13.6. The first-order valence-electron chi connectivity index (χ1n) is 14.1. The van der Waals surface area contributed by atoms with E-state index in [1.165, 1.54) is 5.56 Å². The standard InChI is InChI=1S/C29H42ClN11/c1-6-25(37-35-19(2)3)26-28(31)34-29(27(30)33-26)40-15-16-41(20(4)17-40)23-11-13-39(14-12-23)18-22-9-7-8-10-24(22)21(5)36-38-32/h6-10,20,23,38H,1,11-18,32H2,2-5H3,(H2,31,34)/b36-21+,37-25+. The second-order valence-electron chi connectivity index (χ2n) is 10.8. The third-order valence-corrected chi connectivity index (χ3v) is 7.95. The lowest BCUT2D eigenvalue weighted by Crippen LogP contribution is -2.57. The number of hydrogen-bond acceptors (Lipinski definition) is 11. The molecule has 0 amide bonds. The summed E-state index contributed by atoms with van der Waals surface area (Å²) in [5.74, 6) is 6.28. The van der Waals surface area contributed by atoms with E-state index in [1.54, 1.807) is 6.08 Å². The van der Waals surface area contributed by atoms with Crippen LogP contribution in [0.1, 0.15) is 57.4 Å². The van der Waals surface area contributed by atoms with E-state index in [4.69, 9.17) is 23.2 Å². The molecule has 12 heteroatoms. The molecule has 0 radical (unpaired) electrons. The summed E-state index contributed by atoms with van der Waals surface area (Å²) in [6.45, 7) is 17.3. The first kappa shape index (κ1) is 30.6. The highest BCUT2D eigenvalue weighted by molar-refractivity contribution is 6.32. The number of aromatic nitrogens is 2. The molecule has 2 aromatic rings. The van der Waals surface area contributed by atoms with Gasteiger partial charge in [0.05, 0.1) is 5.71 Å². The molecule has 2 aliphatic heterocycles. The molecule has 220 valence electrons. The van der Waals surface area contributed by atoms with Gasteiger partial charge in [-0.1, -0.05) is 42.4 Å². The zero-order valence-electron chi connectivity index (χ0n) is 24.5. The monoisotopic (exact) mass is 579 g/mol. The van der Waals surface area contributed by atoms with Crippen LogP contribution in [0.15, 0.2) is 52.2 Å². The zero-order valence-corrected chi connectivity index (χ0v) is 25.3. The largest absolute Gasteiger partial charge is 0.382 e. The summed E-state index contributed by atoms with van der Waals surface area (Å²) >= 11 is 6.63. The minimum atomic E-state index is 0.261. The molecule has 11 nitrogen and oxygen atoms in total. The summed E-state index contributed by atoms with van der Waals surface area (Å²) in [4.78, 5) is 16.5. The second kappa shape index (κ2) is 14.0. The third-order valence-electron chi connectivity index (χ3n) is 7.70. The number of anilines is 2. The van der Waals surface area contributed by atoms with Crippen LogP contribution < -0.4 is 22.0 Å². The molecular weight excluding hydrogens is 538 g/mol. The molecule has 0 aliphatic carbocycles. The second-order valence-corrected chi connectivity index (χ2v) is 11.2. The van der Waals surface area contributed by atoms with Crippen molar-refractivity contribution in [3.05, 3.63) is 58.9 Å². The molecule has 0 spiro atoms. The van der Waals surface area contributed by atoms with Gasteiger partial charge in [0.2, 0.25) is 0 Å². The van der Waals surface area contributed by atoms with Crippen LogP contribution in [0.25, 0.3) is 0 Å². The Balaban J connectivity index is 1.37. The molecular formula is C29H42ClN11. The predicted octanol–water partition coefficient (Wildman–Crippen LogP) is 3.45. The average Bonchev–Trinajstić information content (AvgIpc) is 2.95. The number of hydrazone groups is 1. The number of nitrogens with zero attached hydrogens (tertiary/aromatic N) is 8. The van der Waals surface area contributed by atoms with Crippen LogP contribution in [-0.4, -0.2) is 81.7 Å². The Morgan fingerprint density at radius 1 is 1.12 bits per heavy atom. The van der Waals surface area contributed by atoms with E-state index in [1.807, 2.05) is 26.8 Å². The number of hydrogen-bond donors (Lipinski definition) is 3. The van der Waals surface area contributed by atoms with Gasteiger partial charge >= 0.3 is 0 Å². The summed E-state index contributed by atoms with van der Waals surface area (Å²) in [6.07, 6.45) is 3.83. The molecule has 1 aromatic heterocycles. The molecule has 5 N–H and O–H groups in total. The number of benzene rings is 1. The Kier molecular flexibility index (Phi) is 10.4. The molecule has 41 heavy (non-hydrogen) atoms. The summed E-state index contributed by atoms with van der Waals surface area (Å²) < 4.78 is 0. The van der Waals surface area contributed by atoms with Gasteiger partial charge in [-0.25, -0.2) is 21.3 Å². The van der Waals surface area contributed by atoms with Crippen molar-refractivity contribution in [1.29, 1.82) is 0 Å². The number of piperidine rings is 1. The highest BCUT2D eigenvalue weighted by Crippen LogP contribution is 2.29. The van der Waals surface area contributed by atoms with Crippen molar-refractivity contribution in [2.24, 2.45) is 21.1 Å². The highest BCUT2D eigenvalue weighted by Gasteiger charge is 2.33. The van der Waals surface area contributed by atoms with E-state index in [0.717, 1.165) is 69.1 Å². The Morgan fingerprint density at radius 3 is 2.51 bits per heavy atom. The number of likely N-dealkylation sites (tertiary alicyclic amines) is 1. The lowest BCUT2D eigenvalue weighted by molar-refractivity contribution is 0.0690. The number of nitrogens with one attached hydrogen (secondary N) is 1. The van der Waals surface area contributed by atoms with E-state index in [0.29, 0.717) is 34.5 Å². The topological polar surface area (TPSA) is 137 Å². The molecule has 1 unspecified atom stereocenters. The predicted molar refractivity (Wildman–Crippen MR) is 170 cm³/mol. The van der Waals surface area contributed by atoms with Crippen LogP contribution in [0.5, 0.6) is 0 Å². The average molecular weight is 580 g/mol. The molecule has 1 atom stereocenters. The number of piperazine rings is 1. The Bertz CT molecular complexity index is 1310. The maximum atomic E-state index is 6.63. The van der Waals surface area contributed by atoms with E-state index < -0.39 is 0 Å². The number of allylic oxidation sites excluding steroid dienone is 1. The number of hydrazine groups is 1. The smallest absolute Gasteiger partial charge is 0.172 e. The molecule has 2 aliphatic rings. The summed E-state index contributed by atoms with van der Waals surface area (Å²) in [6, 6.07) is 9.29. The molecule has 2 saturated heterocycles. The van der Waals surface area contributed by atoms with Crippen molar-refractivity contribution in [3.63, 3.8) is 0 Å². The van der Waals surface area contributed by atoms with Crippen molar-refractivity contribution < 1.29 is 0 Å². The maximum absolute atomic E-state index is 6.63. The zero-order chi connectivity index (χ0) is 29.5. The van der Waals surface area contributed by atoms with Crippen LogP contribution in [0.4, 0.5) is 11.6 Å². The van der Waals surface area contributed by atoms with Gasteiger partial charge in [0.15, 0.2) is 16.8 Å². The minimum absolute atomic E-state index is 0.261. The minimum Gasteiger partial charge on any atom is -0.382 e. The van der Waals surface area contributed by atoms with Crippen LogP contribution in [0.3, 0.4) is 0 Å². The van der Waals surface area contributed by atoms with E-state index in [-0.39, 0.29) is 5.82 Å². The fourth-order valence-corrected chi connectivity index (χ4v) is 5.92. The first-order valence-corrected chi connectivity index (χ1v) is 14.5. The quantitative estimate of drug-likeness (QED) is 0.233. The molecule has 0 bridgehead atoms. The molecule has 2 fully saturated rings. The highest BCUT2D eigenvalue weighted by atomic mass is 35.5. The van der Waals surface area contributed by atoms with E-state index in [9.17, 15) is 0 Å². The molecule has 1 aromatic carbocycles. The van der Waals surface area contributed by atoms with Crippen molar-refractivity contribution in [3.8, 4) is 0 Å². The van der Waals surface area contributed by atoms with Gasteiger partial charge in [0, 0.05) is 49.5 Å². The summed E-state index contributed by atoms with van der Waals surface area (Å²) in [7, 11) is 0. The van der Waals surface area contributed by atoms with Gasteiger partial charge in [-0.05, 0) is 65.3 Å². The Hall–Kier alpha value is -3.38. The van der Waals surface area contributed by atoms with Gasteiger partial charge in [0.25, 0.3) is 0 Å². The van der Waals surface area contributed by atoms with Crippen LogP contribution in [0.2, 0.25) is 5.15 Å². The molecule has 0 saturated carbocycles. The van der Waals surface area contributed by atoms with Gasteiger partial charge in [-0.15, -0.1) is 5.10 Å². The summed E-state index contributed by atoms with van der Waals surface area (Å²) in [5, 5.41) is 12.8. The van der Waals surface area contributed by atoms with Crippen molar-refractivity contribution in [2.45, 2.75) is 59.2 Å². The number of nitrogen functional groups attached to an aromatic ring is 1. The molecule has 3 heterocycles. The van der Waals surface area contributed by atoms with Crippen molar-refractivity contribution >= 4 is 40.4 Å². The number of nitrogens with two attached hydrogens (primary N) is 2. The Morgan fingerprint density at radius 2 is 1.85 bits per heavy atom. The van der Waals surface area contributed by atoms with Crippen molar-refractivity contribution in [2.75, 3.05) is 43.4 Å². The van der Waals surface area contributed by atoms with Crippen LogP contribution in [-0.2, 0) is 6.54 Å². The fourth-order valence-electron chi connectivity index (χ4n) is 5.67. The Labute approximate surface area is 248 Å². The van der Waals surface area contributed by atoms with Crippen LogP contribution in [0, 0.1) is 0 Å². The molecule has 4 rings (SSSR count). The van der Waals surface area contributed by atoms with Gasteiger partial charge in [-0.2, -0.15) is 10.2 Å². The SMILES string of the molecule is C=C/C(=N\N=C(C)C)c1nc(Cl)c(N2CCN(C3CCN(Cc4ccccc4/C(C)=N/NN)CC3)C(C)C2)nc1N. The first-order chi connectivity index (χ1) is 19.7. The van der Waals surface area contributed by atoms with Crippen molar-refractivity contribution in [1.82, 2.24) is 25.3 Å². The van der Waals surface area contributed by atoms with Gasteiger partial charge < -0.3 is 10.6 Å². The van der Waals surface area contributed by atoms with E-state index >= 15 is 0 Å². The fraction of sp³-hybridized carbons (Fsp3) is 0.483. The lowest BCUT2D eigenvalue weighted by Gasteiger charge is -2.46. The number of rotatable bonds is 9. The van der Waals surface area contributed by atoms with E-state index in [2.05, 4.69) is 77.2 Å². The van der Waals surface area contributed by atoms with Gasteiger partial charge in [-0.3, -0.25) is 9.80 Å². The van der Waals surface area contributed by atoms with Crippen LogP contribution >= 0.6 is 11.6 Å². The third kappa shape index (κ3) is 7.48.